The molecule has 0 aromatic carbocycles. The predicted molar refractivity (Wildman–Crippen MR) is 91.1 cm³/mol. The number of aliphatic carboxylic acids is 1. The summed E-state index contributed by atoms with van der Waals surface area (Å²) in [4.78, 5) is 12.0. The van der Waals surface area contributed by atoms with Gasteiger partial charge in [-0.05, 0) is 86.9 Å². The predicted octanol–water partition coefficient (Wildman–Crippen LogP) is 4.48. The van der Waals surface area contributed by atoms with Crippen LogP contribution in [0, 0.1) is 34.0 Å². The fourth-order valence-electron chi connectivity index (χ4n) is 6.93. The SMILES string of the molecule is C[C@]1(CCO)CCC2C(CCC3[C@@]2(C)CCC[C@@]3(C)C(=O)O)C1. The molecule has 3 nitrogen and oxygen atoms in total. The molecular weight excluding hydrogens is 288 g/mol. The largest absolute Gasteiger partial charge is 0.481 e. The lowest BCUT2D eigenvalue weighted by Crippen LogP contribution is -2.56. The van der Waals surface area contributed by atoms with Crippen LogP contribution in [0.2, 0.25) is 0 Å². The number of aliphatic hydroxyl groups excluding tert-OH is 1. The Hall–Kier alpha value is -0.570. The molecule has 0 aliphatic heterocycles. The highest BCUT2D eigenvalue weighted by atomic mass is 16.4. The number of aliphatic hydroxyl groups is 1. The lowest BCUT2D eigenvalue weighted by Gasteiger charge is -2.61. The molecule has 0 saturated heterocycles. The molecule has 0 radical (unpaired) electrons. The van der Waals surface area contributed by atoms with Crippen molar-refractivity contribution in [3.63, 3.8) is 0 Å². The van der Waals surface area contributed by atoms with E-state index >= 15 is 0 Å². The van der Waals surface area contributed by atoms with E-state index < -0.39 is 11.4 Å². The second-order valence-electron chi connectivity index (χ2n) is 9.61. The van der Waals surface area contributed by atoms with Gasteiger partial charge in [-0.1, -0.05) is 20.3 Å². The van der Waals surface area contributed by atoms with Gasteiger partial charge >= 0.3 is 5.97 Å². The lowest BCUT2D eigenvalue weighted by atomic mass is 9.43. The van der Waals surface area contributed by atoms with Gasteiger partial charge in [-0.3, -0.25) is 4.79 Å². The van der Waals surface area contributed by atoms with Crippen molar-refractivity contribution in [2.75, 3.05) is 6.61 Å². The number of fused-ring (bicyclic) bond motifs is 3. The van der Waals surface area contributed by atoms with Gasteiger partial charge < -0.3 is 10.2 Å². The summed E-state index contributed by atoms with van der Waals surface area (Å²) in [6.45, 7) is 7.06. The molecule has 2 N–H and O–H groups in total. The zero-order chi connectivity index (χ0) is 16.9. The Morgan fingerprint density at radius 3 is 2.48 bits per heavy atom. The van der Waals surface area contributed by atoms with Crippen molar-refractivity contribution < 1.29 is 15.0 Å². The van der Waals surface area contributed by atoms with Crippen molar-refractivity contribution in [2.24, 2.45) is 34.0 Å². The Balaban J connectivity index is 1.85. The van der Waals surface area contributed by atoms with Gasteiger partial charge in [0, 0.05) is 6.61 Å². The summed E-state index contributed by atoms with van der Waals surface area (Å²) in [5.41, 5.74) is -0.0252. The van der Waals surface area contributed by atoms with E-state index in [-0.39, 0.29) is 5.41 Å². The molecule has 3 saturated carbocycles. The van der Waals surface area contributed by atoms with E-state index in [0.29, 0.717) is 23.9 Å². The van der Waals surface area contributed by atoms with Crippen LogP contribution in [0.1, 0.15) is 78.6 Å². The number of carboxylic acid groups (broad SMARTS) is 1. The standard InChI is InChI=1S/C20H34O3/c1-18(11-12-21)10-7-15-14(13-18)5-6-16-19(15,2)8-4-9-20(16,3)17(22)23/h14-16,21H,4-13H2,1-3H3,(H,22,23)/t14?,15?,16?,18-,19+,20-/m1/s1. The normalized spacial score (nSPS) is 50.0. The first-order valence-corrected chi connectivity index (χ1v) is 9.59. The quantitative estimate of drug-likeness (QED) is 0.805. The van der Waals surface area contributed by atoms with Crippen LogP contribution in [0.4, 0.5) is 0 Å². The molecule has 3 rings (SSSR count). The zero-order valence-electron chi connectivity index (χ0n) is 15.1. The van der Waals surface area contributed by atoms with Crippen LogP contribution in [-0.4, -0.2) is 22.8 Å². The fourth-order valence-corrected chi connectivity index (χ4v) is 6.93. The van der Waals surface area contributed by atoms with E-state index in [9.17, 15) is 15.0 Å². The maximum absolute atomic E-state index is 12.0. The monoisotopic (exact) mass is 322 g/mol. The van der Waals surface area contributed by atoms with Crippen LogP contribution in [0.25, 0.3) is 0 Å². The summed E-state index contributed by atoms with van der Waals surface area (Å²) in [5.74, 6) is 1.18. The van der Waals surface area contributed by atoms with Crippen LogP contribution >= 0.6 is 0 Å². The minimum atomic E-state index is -0.576. The average molecular weight is 322 g/mol. The third-order valence-corrected chi connectivity index (χ3v) is 8.24. The van der Waals surface area contributed by atoms with Crippen molar-refractivity contribution in [1.82, 2.24) is 0 Å². The Kier molecular flexibility index (Phi) is 4.32. The Bertz CT molecular complexity index is 476. The van der Waals surface area contributed by atoms with Crippen LogP contribution < -0.4 is 0 Å². The van der Waals surface area contributed by atoms with E-state index in [1.54, 1.807) is 0 Å². The van der Waals surface area contributed by atoms with Gasteiger partial charge in [-0.15, -0.1) is 0 Å². The first kappa shape index (κ1) is 17.3. The Morgan fingerprint density at radius 2 is 1.83 bits per heavy atom. The summed E-state index contributed by atoms with van der Waals surface area (Å²) in [6, 6.07) is 0. The number of carbonyl (C=O) groups is 1. The minimum Gasteiger partial charge on any atom is -0.481 e. The Labute approximate surface area is 140 Å². The number of hydrogen-bond donors (Lipinski definition) is 2. The molecule has 3 heteroatoms. The highest BCUT2D eigenvalue weighted by Gasteiger charge is 2.59. The van der Waals surface area contributed by atoms with Crippen LogP contribution in [-0.2, 0) is 4.79 Å². The van der Waals surface area contributed by atoms with Crippen molar-refractivity contribution >= 4 is 5.97 Å². The maximum atomic E-state index is 12.0. The molecule has 3 aliphatic carbocycles. The average Bonchev–Trinajstić information content (AvgIpc) is 2.46. The summed E-state index contributed by atoms with van der Waals surface area (Å²) < 4.78 is 0. The molecule has 3 aliphatic rings. The minimum absolute atomic E-state index is 0.203. The molecule has 3 unspecified atom stereocenters. The summed E-state index contributed by atoms with van der Waals surface area (Å²) in [7, 11) is 0. The molecule has 23 heavy (non-hydrogen) atoms. The van der Waals surface area contributed by atoms with Gasteiger partial charge in [-0.25, -0.2) is 0 Å². The third-order valence-electron chi connectivity index (χ3n) is 8.24. The molecule has 0 bridgehead atoms. The van der Waals surface area contributed by atoms with E-state index in [4.69, 9.17) is 0 Å². The summed E-state index contributed by atoms with van der Waals surface area (Å²) in [5, 5.41) is 19.3. The first-order valence-electron chi connectivity index (χ1n) is 9.59. The molecular formula is C20H34O3. The third kappa shape index (κ3) is 2.63. The second-order valence-corrected chi connectivity index (χ2v) is 9.61. The van der Waals surface area contributed by atoms with Crippen molar-refractivity contribution in [1.29, 1.82) is 0 Å². The molecule has 0 aromatic heterocycles. The van der Waals surface area contributed by atoms with Gasteiger partial charge in [-0.2, -0.15) is 0 Å². The smallest absolute Gasteiger partial charge is 0.309 e. The van der Waals surface area contributed by atoms with Gasteiger partial charge in [0.1, 0.15) is 0 Å². The van der Waals surface area contributed by atoms with Crippen LogP contribution in [0.5, 0.6) is 0 Å². The fraction of sp³-hybridized carbons (Fsp3) is 0.950. The van der Waals surface area contributed by atoms with Gasteiger partial charge in [0.05, 0.1) is 5.41 Å². The molecule has 3 fully saturated rings. The van der Waals surface area contributed by atoms with E-state index in [1.807, 2.05) is 6.92 Å². The van der Waals surface area contributed by atoms with Crippen LogP contribution in [0.3, 0.4) is 0 Å². The highest BCUT2D eigenvalue weighted by molar-refractivity contribution is 5.75. The van der Waals surface area contributed by atoms with Crippen LogP contribution in [0.15, 0.2) is 0 Å². The molecule has 0 amide bonds. The van der Waals surface area contributed by atoms with E-state index in [0.717, 1.165) is 31.6 Å². The van der Waals surface area contributed by atoms with Crippen molar-refractivity contribution in [2.45, 2.75) is 78.6 Å². The lowest BCUT2D eigenvalue weighted by molar-refractivity contribution is -0.174. The molecule has 0 spiro atoms. The highest BCUT2D eigenvalue weighted by Crippen LogP contribution is 2.65. The topological polar surface area (TPSA) is 57.5 Å². The number of rotatable bonds is 3. The van der Waals surface area contributed by atoms with E-state index in [1.165, 1.54) is 32.1 Å². The number of hydrogen-bond acceptors (Lipinski definition) is 2. The molecule has 6 atom stereocenters. The van der Waals surface area contributed by atoms with Gasteiger partial charge in [0.25, 0.3) is 0 Å². The van der Waals surface area contributed by atoms with E-state index in [2.05, 4.69) is 13.8 Å². The van der Waals surface area contributed by atoms with Gasteiger partial charge in [0.2, 0.25) is 0 Å². The summed E-state index contributed by atoms with van der Waals surface area (Å²) in [6.07, 6.45) is 9.95. The molecule has 0 aromatic rings. The number of carboxylic acids is 1. The van der Waals surface area contributed by atoms with Crippen molar-refractivity contribution in [3.8, 4) is 0 Å². The van der Waals surface area contributed by atoms with Gasteiger partial charge in [0.15, 0.2) is 0 Å². The zero-order valence-corrected chi connectivity index (χ0v) is 15.1. The first-order chi connectivity index (χ1) is 10.8. The molecule has 0 heterocycles. The maximum Gasteiger partial charge on any atom is 0.309 e. The second kappa shape index (κ2) is 5.75. The summed E-state index contributed by atoms with van der Waals surface area (Å²) >= 11 is 0. The Morgan fingerprint density at radius 1 is 1.09 bits per heavy atom. The molecule has 132 valence electrons. The van der Waals surface area contributed by atoms with Crippen molar-refractivity contribution in [3.05, 3.63) is 0 Å².